The lowest BCUT2D eigenvalue weighted by Gasteiger charge is -2.13. The first-order valence-corrected chi connectivity index (χ1v) is 11.6. The summed E-state index contributed by atoms with van der Waals surface area (Å²) in [6, 6.07) is 16.7. The number of pyridine rings is 1. The third kappa shape index (κ3) is 4.57. The minimum atomic E-state index is -3.55. The fourth-order valence-electron chi connectivity index (χ4n) is 3.25. The zero-order valence-electron chi connectivity index (χ0n) is 17.5. The molecular weight excluding hydrogens is 430 g/mol. The summed E-state index contributed by atoms with van der Waals surface area (Å²) in [7, 11) is -2.03. The van der Waals surface area contributed by atoms with Gasteiger partial charge >= 0.3 is 0 Å². The summed E-state index contributed by atoms with van der Waals surface area (Å²) in [6.07, 6.45) is 4.84. The monoisotopic (exact) mass is 451 g/mol. The van der Waals surface area contributed by atoms with Crippen LogP contribution in [0.3, 0.4) is 0 Å². The van der Waals surface area contributed by atoms with Crippen LogP contribution in [0.5, 0.6) is 11.5 Å². The summed E-state index contributed by atoms with van der Waals surface area (Å²) < 4.78 is 37.2. The molecule has 0 aliphatic heterocycles. The number of ether oxygens (including phenoxy) is 2. The van der Waals surface area contributed by atoms with Crippen molar-refractivity contribution in [1.82, 2.24) is 9.38 Å². The molecule has 8 nitrogen and oxygen atoms in total. The molecule has 0 radical (unpaired) electrons. The van der Waals surface area contributed by atoms with Crippen LogP contribution in [0.25, 0.3) is 5.65 Å². The maximum atomic E-state index is 12.8. The van der Waals surface area contributed by atoms with Crippen LogP contribution < -0.4 is 14.8 Å². The SMILES string of the molecule is COc1ccc(NC(=O)c2ccccc2S(C)(=O)=O)cc1OCc1cn2ccccc2n1. The maximum Gasteiger partial charge on any atom is 0.256 e. The number of hydrogen-bond donors (Lipinski definition) is 1. The fraction of sp³-hybridized carbons (Fsp3) is 0.130. The Morgan fingerprint density at radius 1 is 1.06 bits per heavy atom. The average molecular weight is 452 g/mol. The predicted molar refractivity (Wildman–Crippen MR) is 120 cm³/mol. The second-order valence-corrected chi connectivity index (χ2v) is 9.06. The third-order valence-corrected chi connectivity index (χ3v) is 5.90. The van der Waals surface area contributed by atoms with Gasteiger partial charge in [0.25, 0.3) is 5.91 Å². The molecule has 0 aliphatic carbocycles. The number of anilines is 1. The van der Waals surface area contributed by atoms with Gasteiger partial charge in [0, 0.05) is 30.4 Å². The highest BCUT2D eigenvalue weighted by Crippen LogP contribution is 2.31. The summed E-state index contributed by atoms with van der Waals surface area (Å²) in [5.41, 5.74) is 2.04. The molecular formula is C23H21N3O5S. The Kier molecular flexibility index (Phi) is 5.83. The molecule has 0 bridgehead atoms. The third-order valence-electron chi connectivity index (χ3n) is 4.74. The standard InChI is InChI=1S/C23H21N3O5S/c1-30-19-11-10-16(25-23(27)18-7-3-4-8-21(18)32(2,28)29)13-20(19)31-15-17-14-26-12-6-5-9-22(26)24-17/h3-14H,15H2,1-2H3,(H,25,27). The number of rotatable bonds is 7. The lowest BCUT2D eigenvalue weighted by atomic mass is 10.2. The number of fused-ring (bicyclic) bond motifs is 1. The van der Waals surface area contributed by atoms with Gasteiger partial charge in [-0.05, 0) is 36.4 Å². The normalized spacial score (nSPS) is 11.3. The van der Waals surface area contributed by atoms with Gasteiger partial charge in [-0.25, -0.2) is 13.4 Å². The van der Waals surface area contributed by atoms with Gasteiger partial charge in [-0.1, -0.05) is 18.2 Å². The van der Waals surface area contributed by atoms with Crippen molar-refractivity contribution in [1.29, 1.82) is 0 Å². The van der Waals surface area contributed by atoms with E-state index in [0.29, 0.717) is 17.2 Å². The molecule has 0 aliphatic rings. The number of nitrogens with one attached hydrogen (secondary N) is 1. The number of sulfone groups is 1. The van der Waals surface area contributed by atoms with E-state index in [-0.39, 0.29) is 17.1 Å². The molecule has 1 N–H and O–H groups in total. The number of methoxy groups -OCH3 is 1. The van der Waals surface area contributed by atoms with Crippen LogP contribution in [0, 0.1) is 0 Å². The molecule has 1 amide bonds. The van der Waals surface area contributed by atoms with Crippen molar-refractivity contribution >= 4 is 27.1 Å². The number of benzene rings is 2. The Balaban J connectivity index is 1.55. The summed E-state index contributed by atoms with van der Waals surface area (Å²) in [4.78, 5) is 17.2. The van der Waals surface area contributed by atoms with E-state index in [1.165, 1.54) is 19.2 Å². The van der Waals surface area contributed by atoms with E-state index >= 15 is 0 Å². The summed E-state index contributed by atoms with van der Waals surface area (Å²) >= 11 is 0. The Bertz CT molecular complexity index is 1360. The lowest BCUT2D eigenvalue weighted by Crippen LogP contribution is -2.16. The second-order valence-electron chi connectivity index (χ2n) is 7.08. The zero-order valence-corrected chi connectivity index (χ0v) is 18.3. The van der Waals surface area contributed by atoms with Crippen LogP contribution in [-0.2, 0) is 16.4 Å². The topological polar surface area (TPSA) is 99.0 Å². The molecule has 0 spiro atoms. The van der Waals surface area contributed by atoms with E-state index < -0.39 is 15.7 Å². The number of amides is 1. The molecule has 164 valence electrons. The van der Waals surface area contributed by atoms with E-state index in [1.54, 1.807) is 30.3 Å². The van der Waals surface area contributed by atoms with Crippen molar-refractivity contribution in [3.63, 3.8) is 0 Å². The van der Waals surface area contributed by atoms with Crippen molar-refractivity contribution in [2.45, 2.75) is 11.5 Å². The molecule has 9 heteroatoms. The van der Waals surface area contributed by atoms with Gasteiger partial charge in [-0.3, -0.25) is 4.79 Å². The van der Waals surface area contributed by atoms with Crippen molar-refractivity contribution in [3.8, 4) is 11.5 Å². The van der Waals surface area contributed by atoms with E-state index in [0.717, 1.165) is 17.6 Å². The summed E-state index contributed by atoms with van der Waals surface area (Å²) in [6.45, 7) is 0.201. The molecule has 0 saturated carbocycles. The van der Waals surface area contributed by atoms with Crippen molar-refractivity contribution < 1.29 is 22.7 Å². The van der Waals surface area contributed by atoms with Gasteiger partial charge in [0.15, 0.2) is 21.3 Å². The van der Waals surface area contributed by atoms with Gasteiger partial charge < -0.3 is 19.2 Å². The zero-order chi connectivity index (χ0) is 22.7. The van der Waals surface area contributed by atoms with Crippen LogP contribution in [0.2, 0.25) is 0 Å². The predicted octanol–water partition coefficient (Wildman–Crippen LogP) is 3.58. The lowest BCUT2D eigenvalue weighted by molar-refractivity contribution is 0.102. The van der Waals surface area contributed by atoms with Gasteiger partial charge in [0.2, 0.25) is 0 Å². The molecule has 4 aromatic rings. The van der Waals surface area contributed by atoms with Gasteiger partial charge in [0.05, 0.1) is 23.3 Å². The highest BCUT2D eigenvalue weighted by Gasteiger charge is 2.19. The van der Waals surface area contributed by atoms with E-state index in [2.05, 4.69) is 10.3 Å². The first-order valence-electron chi connectivity index (χ1n) is 9.69. The van der Waals surface area contributed by atoms with Crippen LogP contribution in [-0.4, -0.2) is 37.1 Å². The molecule has 2 aromatic carbocycles. The maximum absolute atomic E-state index is 12.8. The Labute approximate surface area is 185 Å². The summed E-state index contributed by atoms with van der Waals surface area (Å²) in [5, 5.41) is 2.72. The second kappa shape index (κ2) is 8.72. The molecule has 0 unspecified atom stereocenters. The Hall–Kier alpha value is -3.85. The first kappa shape index (κ1) is 21.4. The minimum Gasteiger partial charge on any atom is -0.493 e. The molecule has 4 rings (SSSR count). The Morgan fingerprint density at radius 3 is 2.59 bits per heavy atom. The van der Waals surface area contributed by atoms with Crippen LogP contribution in [0.1, 0.15) is 16.1 Å². The number of carbonyl (C=O) groups is 1. The number of hydrogen-bond acceptors (Lipinski definition) is 6. The number of nitrogens with zero attached hydrogens (tertiary/aromatic N) is 2. The molecule has 0 fully saturated rings. The van der Waals surface area contributed by atoms with Gasteiger partial charge in [-0.15, -0.1) is 0 Å². The van der Waals surface area contributed by atoms with E-state index in [1.807, 2.05) is 35.0 Å². The minimum absolute atomic E-state index is 0.0330. The van der Waals surface area contributed by atoms with Gasteiger partial charge in [-0.2, -0.15) is 0 Å². The van der Waals surface area contributed by atoms with Gasteiger partial charge in [0.1, 0.15) is 12.3 Å². The highest BCUT2D eigenvalue weighted by molar-refractivity contribution is 7.90. The fourth-order valence-corrected chi connectivity index (χ4v) is 4.14. The molecule has 2 heterocycles. The smallest absolute Gasteiger partial charge is 0.256 e. The van der Waals surface area contributed by atoms with Crippen molar-refractivity contribution in [3.05, 3.63) is 84.3 Å². The average Bonchev–Trinajstić information content (AvgIpc) is 3.20. The Morgan fingerprint density at radius 2 is 1.84 bits per heavy atom. The number of imidazole rings is 1. The largest absolute Gasteiger partial charge is 0.493 e. The number of carbonyl (C=O) groups excluding carboxylic acids is 1. The highest BCUT2D eigenvalue weighted by atomic mass is 32.2. The summed E-state index contributed by atoms with van der Waals surface area (Å²) in [5.74, 6) is 0.365. The van der Waals surface area contributed by atoms with Crippen molar-refractivity contribution in [2.75, 3.05) is 18.7 Å². The first-order chi connectivity index (χ1) is 15.3. The number of aromatic nitrogens is 2. The van der Waals surface area contributed by atoms with E-state index in [4.69, 9.17) is 9.47 Å². The van der Waals surface area contributed by atoms with Crippen LogP contribution in [0.15, 0.2) is 78.0 Å². The molecule has 32 heavy (non-hydrogen) atoms. The van der Waals surface area contributed by atoms with E-state index in [9.17, 15) is 13.2 Å². The van der Waals surface area contributed by atoms with Crippen LogP contribution in [0.4, 0.5) is 5.69 Å². The molecule has 2 aromatic heterocycles. The quantitative estimate of drug-likeness (QED) is 0.461. The van der Waals surface area contributed by atoms with Crippen molar-refractivity contribution in [2.24, 2.45) is 0 Å². The molecule has 0 saturated heterocycles. The molecule has 0 atom stereocenters. The van der Waals surface area contributed by atoms with Crippen LogP contribution >= 0.6 is 0 Å².